The van der Waals surface area contributed by atoms with Crippen LogP contribution in [0, 0.1) is 0 Å². The molecule has 0 unspecified atom stereocenters. The molecule has 3 rings (SSSR count). The van der Waals surface area contributed by atoms with E-state index in [1.165, 1.54) is 0 Å². The van der Waals surface area contributed by atoms with Crippen molar-refractivity contribution in [3.63, 3.8) is 0 Å². The average Bonchev–Trinajstić information content (AvgIpc) is 3.03. The fraction of sp³-hybridized carbons (Fsp3) is 0.526. The standard InChI is InChI=1S/C19H27N5O3/c1-2-23(12-18(25)26)15-10-14(11-15)22-19(27)20-8-5-9-24-13-21-16-6-3-4-7-17(16)24/h3-4,6-7,13-15H,2,5,8-12H2,1H3,(H,25,26)(H2,20,22,27). The molecule has 1 fully saturated rings. The summed E-state index contributed by atoms with van der Waals surface area (Å²) in [4.78, 5) is 29.1. The molecule has 3 N–H and O–H groups in total. The maximum Gasteiger partial charge on any atom is 0.317 e. The molecular weight excluding hydrogens is 346 g/mol. The van der Waals surface area contributed by atoms with Crippen LogP contribution in [0.1, 0.15) is 26.2 Å². The number of amides is 2. The molecular formula is C19H27N5O3. The fourth-order valence-electron chi connectivity index (χ4n) is 3.55. The molecule has 1 aromatic heterocycles. The fourth-order valence-corrected chi connectivity index (χ4v) is 3.55. The zero-order chi connectivity index (χ0) is 19.2. The lowest BCUT2D eigenvalue weighted by Crippen LogP contribution is -2.56. The second-order valence-corrected chi connectivity index (χ2v) is 6.96. The van der Waals surface area contributed by atoms with E-state index in [1.54, 1.807) is 0 Å². The number of aliphatic carboxylic acids is 1. The summed E-state index contributed by atoms with van der Waals surface area (Å²) in [6, 6.07) is 8.20. The molecule has 1 heterocycles. The van der Waals surface area contributed by atoms with Gasteiger partial charge in [-0.05, 0) is 37.9 Å². The van der Waals surface area contributed by atoms with Crippen LogP contribution in [-0.2, 0) is 11.3 Å². The molecule has 1 aliphatic carbocycles. The van der Waals surface area contributed by atoms with Crippen molar-refractivity contribution < 1.29 is 14.7 Å². The number of nitrogens with zero attached hydrogens (tertiary/aromatic N) is 3. The quantitative estimate of drug-likeness (QED) is 0.581. The molecule has 0 aliphatic heterocycles. The second-order valence-electron chi connectivity index (χ2n) is 6.96. The first-order valence-corrected chi connectivity index (χ1v) is 9.47. The molecule has 0 atom stereocenters. The van der Waals surface area contributed by atoms with Crippen LogP contribution in [0.4, 0.5) is 4.79 Å². The predicted molar refractivity (Wildman–Crippen MR) is 103 cm³/mol. The Bertz CT molecular complexity index is 784. The van der Waals surface area contributed by atoms with E-state index < -0.39 is 5.97 Å². The van der Waals surface area contributed by atoms with E-state index in [1.807, 2.05) is 42.4 Å². The van der Waals surface area contributed by atoms with E-state index in [2.05, 4.69) is 20.2 Å². The third kappa shape index (κ3) is 4.97. The molecule has 8 heteroatoms. The highest BCUT2D eigenvalue weighted by atomic mass is 16.4. The SMILES string of the molecule is CCN(CC(=O)O)C1CC(NC(=O)NCCCn2cnc3ccccc32)C1. The lowest BCUT2D eigenvalue weighted by Gasteiger charge is -2.42. The lowest BCUT2D eigenvalue weighted by atomic mass is 9.85. The van der Waals surface area contributed by atoms with Gasteiger partial charge in [0.2, 0.25) is 0 Å². The molecule has 2 aromatic rings. The number of benzene rings is 1. The lowest BCUT2D eigenvalue weighted by molar-refractivity contribution is -0.139. The van der Waals surface area contributed by atoms with E-state index >= 15 is 0 Å². The zero-order valence-corrected chi connectivity index (χ0v) is 15.6. The number of carbonyl (C=O) groups is 2. The first kappa shape index (κ1) is 19.2. The summed E-state index contributed by atoms with van der Waals surface area (Å²) in [6.07, 6.45) is 4.25. The number of rotatable bonds is 9. The molecule has 0 bridgehead atoms. The summed E-state index contributed by atoms with van der Waals surface area (Å²) in [7, 11) is 0. The number of aromatic nitrogens is 2. The summed E-state index contributed by atoms with van der Waals surface area (Å²) in [5.41, 5.74) is 2.08. The van der Waals surface area contributed by atoms with Crippen LogP contribution >= 0.6 is 0 Å². The Balaban J connectivity index is 1.32. The van der Waals surface area contributed by atoms with Crippen molar-refractivity contribution >= 4 is 23.0 Å². The van der Waals surface area contributed by atoms with Gasteiger partial charge in [0.15, 0.2) is 0 Å². The third-order valence-corrected chi connectivity index (χ3v) is 5.10. The number of imidazole rings is 1. The largest absolute Gasteiger partial charge is 0.480 e. The minimum absolute atomic E-state index is 0.0585. The number of aryl methyl sites for hydroxylation is 1. The van der Waals surface area contributed by atoms with Gasteiger partial charge in [-0.15, -0.1) is 0 Å². The van der Waals surface area contributed by atoms with Gasteiger partial charge in [-0.3, -0.25) is 9.69 Å². The van der Waals surface area contributed by atoms with Crippen LogP contribution in [0.3, 0.4) is 0 Å². The highest BCUT2D eigenvalue weighted by Gasteiger charge is 2.34. The monoisotopic (exact) mass is 373 g/mol. The Kier molecular flexibility index (Phi) is 6.28. The van der Waals surface area contributed by atoms with Gasteiger partial charge in [0.25, 0.3) is 0 Å². The van der Waals surface area contributed by atoms with Crippen molar-refractivity contribution in [3.8, 4) is 0 Å². The summed E-state index contributed by atoms with van der Waals surface area (Å²) in [5.74, 6) is -0.809. The number of carboxylic acid groups (broad SMARTS) is 1. The predicted octanol–water partition coefficient (Wildman–Crippen LogP) is 1.66. The number of para-hydroxylation sites is 2. The number of hydrogen-bond acceptors (Lipinski definition) is 4. The number of hydrogen-bond donors (Lipinski definition) is 3. The highest BCUT2D eigenvalue weighted by molar-refractivity contribution is 5.75. The van der Waals surface area contributed by atoms with E-state index in [-0.39, 0.29) is 24.7 Å². The molecule has 1 aliphatic rings. The van der Waals surface area contributed by atoms with E-state index in [0.29, 0.717) is 13.1 Å². The maximum atomic E-state index is 12.0. The topological polar surface area (TPSA) is 99.5 Å². The molecule has 0 saturated heterocycles. The van der Waals surface area contributed by atoms with Gasteiger partial charge in [0.1, 0.15) is 0 Å². The van der Waals surface area contributed by atoms with Crippen LogP contribution in [0.15, 0.2) is 30.6 Å². The molecule has 0 spiro atoms. The minimum Gasteiger partial charge on any atom is -0.480 e. The molecule has 1 aromatic carbocycles. The molecule has 1 saturated carbocycles. The van der Waals surface area contributed by atoms with Crippen LogP contribution in [0.25, 0.3) is 11.0 Å². The van der Waals surface area contributed by atoms with Crippen molar-refractivity contribution in [1.29, 1.82) is 0 Å². The van der Waals surface area contributed by atoms with Crippen LogP contribution < -0.4 is 10.6 Å². The van der Waals surface area contributed by atoms with Gasteiger partial charge in [0.05, 0.1) is 23.9 Å². The van der Waals surface area contributed by atoms with Gasteiger partial charge in [0, 0.05) is 25.2 Å². The number of urea groups is 1. The van der Waals surface area contributed by atoms with Crippen molar-refractivity contribution in [2.45, 2.75) is 44.8 Å². The molecule has 0 radical (unpaired) electrons. The smallest absolute Gasteiger partial charge is 0.317 e. The van der Waals surface area contributed by atoms with Crippen LogP contribution in [0.2, 0.25) is 0 Å². The van der Waals surface area contributed by atoms with Crippen molar-refractivity contribution in [2.24, 2.45) is 0 Å². The normalized spacial score (nSPS) is 19.0. The van der Waals surface area contributed by atoms with Gasteiger partial charge < -0.3 is 20.3 Å². The number of nitrogens with one attached hydrogen (secondary N) is 2. The molecule has 27 heavy (non-hydrogen) atoms. The van der Waals surface area contributed by atoms with E-state index in [4.69, 9.17) is 5.11 Å². The number of carbonyl (C=O) groups excluding carboxylic acids is 1. The van der Waals surface area contributed by atoms with E-state index in [0.717, 1.165) is 36.8 Å². The molecule has 2 amide bonds. The van der Waals surface area contributed by atoms with Crippen molar-refractivity contribution in [3.05, 3.63) is 30.6 Å². The zero-order valence-electron chi connectivity index (χ0n) is 15.6. The highest BCUT2D eigenvalue weighted by Crippen LogP contribution is 2.25. The number of carboxylic acids is 1. The molecule has 146 valence electrons. The first-order valence-electron chi connectivity index (χ1n) is 9.47. The Morgan fingerprint density at radius 3 is 2.85 bits per heavy atom. The summed E-state index contributed by atoms with van der Waals surface area (Å²) in [5, 5.41) is 14.8. The third-order valence-electron chi connectivity index (χ3n) is 5.10. The average molecular weight is 373 g/mol. The van der Waals surface area contributed by atoms with Crippen LogP contribution in [-0.4, -0.2) is 63.3 Å². The minimum atomic E-state index is -0.809. The van der Waals surface area contributed by atoms with Gasteiger partial charge in [-0.2, -0.15) is 0 Å². The van der Waals surface area contributed by atoms with Crippen molar-refractivity contribution in [1.82, 2.24) is 25.1 Å². The Morgan fingerprint density at radius 2 is 2.11 bits per heavy atom. The summed E-state index contributed by atoms with van der Waals surface area (Å²) in [6.45, 7) is 4.11. The van der Waals surface area contributed by atoms with Crippen LogP contribution in [0.5, 0.6) is 0 Å². The summed E-state index contributed by atoms with van der Waals surface area (Å²) >= 11 is 0. The van der Waals surface area contributed by atoms with Crippen molar-refractivity contribution in [2.75, 3.05) is 19.6 Å². The number of likely N-dealkylation sites (N-methyl/N-ethyl adjacent to an activating group) is 1. The molecule has 8 nitrogen and oxygen atoms in total. The van der Waals surface area contributed by atoms with Gasteiger partial charge in [-0.25, -0.2) is 9.78 Å². The van der Waals surface area contributed by atoms with E-state index in [9.17, 15) is 9.59 Å². The van der Waals surface area contributed by atoms with Gasteiger partial charge in [-0.1, -0.05) is 19.1 Å². The Morgan fingerprint density at radius 1 is 1.33 bits per heavy atom. The Labute approximate surface area is 158 Å². The summed E-state index contributed by atoms with van der Waals surface area (Å²) < 4.78 is 2.09. The first-order chi connectivity index (χ1) is 13.1. The number of fused-ring (bicyclic) bond motifs is 1. The Hall–Kier alpha value is -2.61. The second kappa shape index (κ2) is 8.85. The van der Waals surface area contributed by atoms with Gasteiger partial charge >= 0.3 is 12.0 Å². The maximum absolute atomic E-state index is 12.0.